The lowest BCUT2D eigenvalue weighted by Crippen LogP contribution is -2.51. The van der Waals surface area contributed by atoms with Crippen molar-refractivity contribution in [2.45, 2.75) is 18.9 Å². The molecule has 2 aliphatic rings. The van der Waals surface area contributed by atoms with Gasteiger partial charge in [0.15, 0.2) is 11.5 Å². The van der Waals surface area contributed by atoms with Crippen molar-refractivity contribution in [3.8, 4) is 11.5 Å². The van der Waals surface area contributed by atoms with Crippen LogP contribution in [0.1, 0.15) is 12.8 Å². The molecule has 2 aromatic rings. The molecular formula is C18H25ClN4O4. The smallest absolute Gasteiger partial charge is 0.251 e. The summed E-state index contributed by atoms with van der Waals surface area (Å²) in [6.07, 6.45) is 1.57. The molecule has 1 atom stereocenters. The molecule has 1 N–H and O–H groups in total. The number of rotatable bonds is 4. The number of H-pyrrole nitrogens is 1. The zero-order valence-electron chi connectivity index (χ0n) is 15.6. The number of hydrogen-bond acceptors (Lipinski definition) is 6. The monoisotopic (exact) mass is 396 g/mol. The average molecular weight is 397 g/mol. The van der Waals surface area contributed by atoms with Crippen molar-refractivity contribution < 1.29 is 19.0 Å². The van der Waals surface area contributed by atoms with Gasteiger partial charge in [-0.3, -0.25) is 4.79 Å². The Hall–Kier alpha value is -2.19. The number of aromatic nitrogens is 2. The molecule has 2 saturated heterocycles. The number of nitrogens with zero attached hydrogens (tertiary/aromatic N) is 3. The fraction of sp³-hybridized carbons (Fsp3) is 0.556. The van der Waals surface area contributed by atoms with Crippen molar-refractivity contribution in [3.05, 3.63) is 12.1 Å². The number of fused-ring (bicyclic) bond motifs is 1. The van der Waals surface area contributed by atoms with Crippen LogP contribution in [0.15, 0.2) is 12.1 Å². The Morgan fingerprint density at radius 1 is 1.19 bits per heavy atom. The molecule has 1 aromatic heterocycles. The molecule has 0 saturated carbocycles. The second kappa shape index (κ2) is 8.22. The van der Waals surface area contributed by atoms with E-state index in [0.717, 1.165) is 42.9 Å². The zero-order valence-corrected chi connectivity index (χ0v) is 16.4. The average Bonchev–Trinajstić information content (AvgIpc) is 3.35. The maximum Gasteiger partial charge on any atom is 0.251 e. The molecule has 27 heavy (non-hydrogen) atoms. The minimum atomic E-state index is -0.243. The number of carbonyl (C=O) groups excluding carboxylic acids is 1. The number of piperazine rings is 1. The number of amides is 1. The van der Waals surface area contributed by atoms with E-state index in [-0.39, 0.29) is 24.4 Å². The van der Waals surface area contributed by atoms with E-state index < -0.39 is 0 Å². The largest absolute Gasteiger partial charge is 0.493 e. The van der Waals surface area contributed by atoms with Gasteiger partial charge in [-0.25, -0.2) is 4.98 Å². The second-order valence-corrected chi connectivity index (χ2v) is 6.60. The number of benzene rings is 1. The predicted octanol–water partition coefficient (Wildman–Crippen LogP) is 1.83. The van der Waals surface area contributed by atoms with Gasteiger partial charge in [-0.15, -0.1) is 12.4 Å². The highest BCUT2D eigenvalue weighted by atomic mass is 35.5. The van der Waals surface area contributed by atoms with E-state index in [9.17, 15) is 4.79 Å². The van der Waals surface area contributed by atoms with Crippen molar-refractivity contribution >= 4 is 35.3 Å². The summed E-state index contributed by atoms with van der Waals surface area (Å²) in [5.74, 6) is 2.26. The number of ether oxygens (including phenoxy) is 3. The third-order valence-electron chi connectivity index (χ3n) is 5.07. The molecule has 0 aliphatic carbocycles. The molecule has 8 nitrogen and oxygen atoms in total. The van der Waals surface area contributed by atoms with Gasteiger partial charge in [-0.1, -0.05) is 0 Å². The van der Waals surface area contributed by atoms with Crippen LogP contribution in [-0.2, 0) is 9.53 Å². The van der Waals surface area contributed by atoms with Gasteiger partial charge in [0.1, 0.15) is 6.10 Å². The van der Waals surface area contributed by atoms with Crippen LogP contribution in [-0.4, -0.2) is 73.9 Å². The van der Waals surface area contributed by atoms with Gasteiger partial charge < -0.3 is 29.0 Å². The van der Waals surface area contributed by atoms with Gasteiger partial charge in [-0.2, -0.15) is 0 Å². The van der Waals surface area contributed by atoms with Crippen molar-refractivity contribution in [3.63, 3.8) is 0 Å². The first-order chi connectivity index (χ1) is 12.7. The molecule has 148 valence electrons. The maximum atomic E-state index is 12.5. The van der Waals surface area contributed by atoms with E-state index in [1.165, 1.54) is 0 Å². The van der Waals surface area contributed by atoms with Crippen molar-refractivity contribution in [2.24, 2.45) is 0 Å². The van der Waals surface area contributed by atoms with Crippen LogP contribution in [0.2, 0.25) is 0 Å². The Morgan fingerprint density at radius 3 is 2.52 bits per heavy atom. The van der Waals surface area contributed by atoms with E-state index in [1.807, 2.05) is 17.0 Å². The lowest BCUT2D eigenvalue weighted by molar-refractivity contribution is -0.141. The number of aromatic amines is 1. The van der Waals surface area contributed by atoms with Gasteiger partial charge in [-0.05, 0) is 12.8 Å². The molecular weight excluding hydrogens is 372 g/mol. The molecule has 0 radical (unpaired) electrons. The maximum absolute atomic E-state index is 12.5. The van der Waals surface area contributed by atoms with Gasteiger partial charge in [0.05, 0.1) is 25.3 Å². The number of nitrogens with one attached hydrogen (secondary N) is 1. The summed E-state index contributed by atoms with van der Waals surface area (Å²) in [4.78, 5) is 24.5. The van der Waals surface area contributed by atoms with Crippen molar-refractivity contribution in [1.82, 2.24) is 14.9 Å². The first kappa shape index (κ1) is 19.6. The lowest BCUT2D eigenvalue weighted by atomic mass is 10.2. The SMILES string of the molecule is COc1cc2nc(N3CCN(C(=O)C4CCCO4)CC3)[nH]c2cc1OC.Cl. The van der Waals surface area contributed by atoms with Crippen LogP contribution in [0.4, 0.5) is 5.95 Å². The lowest BCUT2D eigenvalue weighted by Gasteiger charge is -2.35. The minimum absolute atomic E-state index is 0. The van der Waals surface area contributed by atoms with Crippen LogP contribution in [0.3, 0.4) is 0 Å². The Bertz CT molecular complexity index is 757. The number of hydrogen-bond donors (Lipinski definition) is 1. The van der Waals surface area contributed by atoms with E-state index in [1.54, 1.807) is 14.2 Å². The number of halogens is 1. The number of anilines is 1. The van der Waals surface area contributed by atoms with Gasteiger partial charge >= 0.3 is 0 Å². The second-order valence-electron chi connectivity index (χ2n) is 6.60. The quantitative estimate of drug-likeness (QED) is 0.849. The predicted molar refractivity (Wildman–Crippen MR) is 104 cm³/mol. The zero-order chi connectivity index (χ0) is 18.1. The van der Waals surface area contributed by atoms with Crippen molar-refractivity contribution in [2.75, 3.05) is 51.9 Å². The third-order valence-corrected chi connectivity index (χ3v) is 5.07. The molecule has 4 rings (SSSR count). The summed E-state index contributed by atoms with van der Waals surface area (Å²) in [6.45, 7) is 3.55. The van der Waals surface area contributed by atoms with E-state index >= 15 is 0 Å². The summed E-state index contributed by atoms with van der Waals surface area (Å²) >= 11 is 0. The molecule has 1 aromatic carbocycles. The Morgan fingerprint density at radius 2 is 1.89 bits per heavy atom. The normalized spacial score (nSPS) is 19.9. The first-order valence-corrected chi connectivity index (χ1v) is 8.96. The summed E-state index contributed by atoms with van der Waals surface area (Å²) in [5, 5.41) is 0. The number of imidazole rings is 1. The molecule has 2 aliphatic heterocycles. The minimum Gasteiger partial charge on any atom is -0.493 e. The summed E-state index contributed by atoms with van der Waals surface area (Å²) in [6, 6.07) is 3.76. The van der Waals surface area contributed by atoms with E-state index in [4.69, 9.17) is 14.2 Å². The Labute approximate surface area is 164 Å². The summed E-state index contributed by atoms with van der Waals surface area (Å²) < 4.78 is 16.2. The Kier molecular flexibility index (Phi) is 5.96. The summed E-state index contributed by atoms with van der Waals surface area (Å²) in [7, 11) is 3.23. The number of methoxy groups -OCH3 is 2. The van der Waals surface area contributed by atoms with E-state index in [0.29, 0.717) is 31.2 Å². The van der Waals surface area contributed by atoms with Crippen LogP contribution in [0.25, 0.3) is 11.0 Å². The third kappa shape index (κ3) is 3.77. The highest BCUT2D eigenvalue weighted by Gasteiger charge is 2.30. The fourth-order valence-corrected chi connectivity index (χ4v) is 3.59. The Balaban J connectivity index is 0.00000210. The molecule has 1 unspecified atom stereocenters. The molecule has 9 heteroatoms. The molecule has 2 fully saturated rings. The fourth-order valence-electron chi connectivity index (χ4n) is 3.59. The molecule has 1 amide bonds. The van der Waals surface area contributed by atoms with Crippen LogP contribution >= 0.6 is 12.4 Å². The van der Waals surface area contributed by atoms with Gasteiger partial charge in [0, 0.05) is 44.9 Å². The highest BCUT2D eigenvalue weighted by molar-refractivity contribution is 5.85. The van der Waals surface area contributed by atoms with Crippen LogP contribution < -0.4 is 14.4 Å². The highest BCUT2D eigenvalue weighted by Crippen LogP contribution is 2.32. The standard InChI is InChI=1S/C18H24N4O4.ClH/c1-24-15-10-12-13(11-16(15)25-2)20-18(19-12)22-7-5-21(6-8-22)17(23)14-4-3-9-26-14;/h10-11,14H,3-9H2,1-2H3,(H,19,20);1H. The summed E-state index contributed by atoms with van der Waals surface area (Å²) in [5.41, 5.74) is 1.73. The van der Waals surface area contributed by atoms with Crippen LogP contribution in [0, 0.1) is 0 Å². The topological polar surface area (TPSA) is 79.9 Å². The first-order valence-electron chi connectivity index (χ1n) is 8.96. The molecule has 0 spiro atoms. The molecule has 0 bridgehead atoms. The van der Waals surface area contributed by atoms with Crippen LogP contribution in [0.5, 0.6) is 11.5 Å². The van der Waals surface area contributed by atoms with Gasteiger partial charge in [0.25, 0.3) is 5.91 Å². The van der Waals surface area contributed by atoms with Crippen molar-refractivity contribution in [1.29, 1.82) is 0 Å². The van der Waals surface area contributed by atoms with E-state index in [2.05, 4.69) is 14.9 Å². The molecule has 3 heterocycles. The van der Waals surface area contributed by atoms with Gasteiger partial charge in [0.2, 0.25) is 5.95 Å². The number of carbonyl (C=O) groups is 1.